The van der Waals surface area contributed by atoms with E-state index in [1.165, 1.54) is 4.31 Å². The quantitative estimate of drug-likeness (QED) is 0.873. The molecule has 1 saturated heterocycles. The van der Waals surface area contributed by atoms with Crippen LogP contribution in [0.1, 0.15) is 55.4 Å². The van der Waals surface area contributed by atoms with E-state index in [1.807, 2.05) is 20.8 Å². The Morgan fingerprint density at radius 3 is 2.28 bits per heavy atom. The van der Waals surface area contributed by atoms with Gasteiger partial charge in [-0.1, -0.05) is 0 Å². The van der Waals surface area contributed by atoms with Gasteiger partial charge < -0.3 is 9.84 Å². The number of hydrogen-bond donors (Lipinski definition) is 1. The maximum absolute atomic E-state index is 13.3. The second-order valence-electron chi connectivity index (χ2n) is 8.01. The van der Waals surface area contributed by atoms with Crippen molar-refractivity contribution in [3.05, 3.63) is 22.3 Å². The van der Waals surface area contributed by atoms with Crippen LogP contribution < -0.4 is 4.74 Å². The third-order valence-electron chi connectivity index (χ3n) is 5.69. The monoisotopic (exact) mass is 367 g/mol. The number of nitrogens with zero attached hydrogens (tertiary/aromatic N) is 1. The van der Waals surface area contributed by atoms with Crippen LogP contribution >= 0.6 is 0 Å². The van der Waals surface area contributed by atoms with Gasteiger partial charge in [-0.15, -0.1) is 0 Å². The van der Waals surface area contributed by atoms with Crippen LogP contribution in [0, 0.1) is 20.8 Å². The zero-order valence-corrected chi connectivity index (χ0v) is 16.7. The molecule has 0 amide bonds. The molecule has 0 atom stereocenters. The van der Waals surface area contributed by atoms with E-state index >= 15 is 0 Å². The Labute approximate surface area is 151 Å². The number of aliphatic hydroxyl groups excluding tert-OH is 1. The van der Waals surface area contributed by atoms with Crippen LogP contribution in [0.15, 0.2) is 4.90 Å². The zero-order valence-electron chi connectivity index (χ0n) is 15.8. The maximum Gasteiger partial charge on any atom is 0.243 e. The van der Waals surface area contributed by atoms with E-state index in [2.05, 4.69) is 13.8 Å². The maximum atomic E-state index is 13.3. The number of rotatable bonds is 2. The van der Waals surface area contributed by atoms with Crippen molar-refractivity contribution >= 4 is 10.0 Å². The number of hydrogen-bond acceptors (Lipinski definition) is 4. The largest absolute Gasteiger partial charge is 0.487 e. The number of fused-ring (bicyclic) bond motifs is 1. The SMILES string of the molecule is Cc1c(C)c(S(=O)(=O)N2CCC(O)CC2)c(C)c2c1OC(C)(C)CC2. The highest BCUT2D eigenvalue weighted by Gasteiger charge is 2.36. The van der Waals surface area contributed by atoms with Crippen LogP contribution in [0.2, 0.25) is 0 Å². The molecule has 6 heteroatoms. The molecule has 5 nitrogen and oxygen atoms in total. The highest BCUT2D eigenvalue weighted by atomic mass is 32.2. The Morgan fingerprint density at radius 2 is 1.68 bits per heavy atom. The van der Waals surface area contributed by atoms with Crippen LogP contribution in [0.5, 0.6) is 5.75 Å². The van der Waals surface area contributed by atoms with Gasteiger partial charge in [0, 0.05) is 13.1 Å². The highest BCUT2D eigenvalue weighted by Crippen LogP contribution is 2.42. The van der Waals surface area contributed by atoms with Gasteiger partial charge in [-0.25, -0.2) is 8.42 Å². The van der Waals surface area contributed by atoms with E-state index in [9.17, 15) is 13.5 Å². The lowest BCUT2D eigenvalue weighted by Crippen LogP contribution is -2.41. The van der Waals surface area contributed by atoms with Crippen molar-refractivity contribution in [1.82, 2.24) is 4.31 Å². The Morgan fingerprint density at radius 1 is 1.08 bits per heavy atom. The van der Waals surface area contributed by atoms with E-state index in [0.29, 0.717) is 30.8 Å². The molecule has 0 saturated carbocycles. The van der Waals surface area contributed by atoms with Crippen LogP contribution in [0.4, 0.5) is 0 Å². The van der Waals surface area contributed by atoms with E-state index in [1.54, 1.807) is 0 Å². The number of sulfonamides is 1. The van der Waals surface area contributed by atoms with E-state index < -0.39 is 16.1 Å². The summed E-state index contributed by atoms with van der Waals surface area (Å²) in [6.45, 7) is 10.6. The second-order valence-corrected chi connectivity index (χ2v) is 9.88. The predicted octanol–water partition coefficient (Wildman–Crippen LogP) is 2.86. The molecule has 2 aliphatic rings. The van der Waals surface area contributed by atoms with Gasteiger partial charge in [-0.05, 0) is 82.6 Å². The van der Waals surface area contributed by atoms with Gasteiger partial charge in [0.25, 0.3) is 0 Å². The molecular weight excluding hydrogens is 338 g/mol. The van der Waals surface area contributed by atoms with Crippen LogP contribution in [0.3, 0.4) is 0 Å². The van der Waals surface area contributed by atoms with Gasteiger partial charge in [-0.3, -0.25) is 0 Å². The topological polar surface area (TPSA) is 66.8 Å². The zero-order chi connectivity index (χ0) is 18.6. The summed E-state index contributed by atoms with van der Waals surface area (Å²) in [6, 6.07) is 0. The minimum atomic E-state index is -3.56. The third kappa shape index (κ3) is 3.20. The summed E-state index contributed by atoms with van der Waals surface area (Å²) < 4.78 is 34.3. The first kappa shape index (κ1) is 18.7. The minimum absolute atomic E-state index is 0.222. The van der Waals surface area contributed by atoms with Crippen molar-refractivity contribution < 1.29 is 18.3 Å². The van der Waals surface area contributed by atoms with Gasteiger partial charge >= 0.3 is 0 Å². The van der Waals surface area contributed by atoms with Crippen molar-refractivity contribution in [2.45, 2.75) is 76.9 Å². The van der Waals surface area contributed by atoms with Crippen molar-refractivity contribution in [1.29, 1.82) is 0 Å². The molecule has 2 aliphatic heterocycles. The lowest BCUT2D eigenvalue weighted by Gasteiger charge is -2.36. The summed E-state index contributed by atoms with van der Waals surface area (Å²) in [5, 5.41) is 9.69. The Bertz CT molecular complexity index is 790. The molecule has 0 radical (unpaired) electrons. The molecule has 0 spiro atoms. The van der Waals surface area contributed by atoms with Gasteiger partial charge in [-0.2, -0.15) is 4.31 Å². The van der Waals surface area contributed by atoms with Gasteiger partial charge in [0.15, 0.2) is 0 Å². The van der Waals surface area contributed by atoms with Crippen LogP contribution in [-0.4, -0.2) is 42.6 Å². The molecule has 1 aromatic rings. The summed E-state index contributed by atoms with van der Waals surface area (Å²) in [7, 11) is -3.56. The first-order valence-corrected chi connectivity index (χ1v) is 10.5. The number of ether oxygens (including phenoxy) is 1. The second kappa shape index (κ2) is 6.25. The standard InChI is InChI=1S/C19H29NO4S/c1-12-13(2)18(25(22,23)20-10-7-15(21)8-11-20)14(3)16-6-9-19(4,5)24-17(12)16/h15,21H,6-11H2,1-5H3. The average molecular weight is 368 g/mol. The molecule has 2 heterocycles. The molecule has 0 bridgehead atoms. The summed E-state index contributed by atoms with van der Waals surface area (Å²) in [6.07, 6.45) is 2.31. The lowest BCUT2D eigenvalue weighted by atomic mass is 9.88. The first-order valence-electron chi connectivity index (χ1n) is 9.04. The number of benzene rings is 1. The Kier molecular flexibility index (Phi) is 4.67. The van der Waals surface area contributed by atoms with Crippen LogP contribution in [0.25, 0.3) is 0 Å². The summed E-state index contributed by atoms with van der Waals surface area (Å²) in [4.78, 5) is 0.434. The molecule has 0 aliphatic carbocycles. The fourth-order valence-corrected chi connectivity index (χ4v) is 5.95. The molecule has 1 N–H and O–H groups in total. The smallest absolute Gasteiger partial charge is 0.243 e. The summed E-state index contributed by atoms with van der Waals surface area (Å²) >= 11 is 0. The first-order chi connectivity index (χ1) is 11.5. The fourth-order valence-electron chi connectivity index (χ4n) is 3.95. The molecule has 3 rings (SSSR count). The molecule has 0 aromatic heterocycles. The van der Waals surface area contributed by atoms with Gasteiger partial charge in [0.1, 0.15) is 11.4 Å². The molecule has 1 aromatic carbocycles. The van der Waals surface area contributed by atoms with Crippen molar-refractivity contribution in [2.24, 2.45) is 0 Å². The summed E-state index contributed by atoms with van der Waals surface area (Å²) in [5.41, 5.74) is 3.32. The van der Waals surface area contributed by atoms with Crippen molar-refractivity contribution in [3.8, 4) is 5.75 Å². The molecule has 25 heavy (non-hydrogen) atoms. The fraction of sp³-hybridized carbons (Fsp3) is 0.684. The molecule has 140 valence electrons. The molecule has 0 unspecified atom stereocenters. The van der Waals surface area contributed by atoms with Gasteiger partial charge in [0.2, 0.25) is 10.0 Å². The van der Waals surface area contributed by atoms with Crippen LogP contribution in [-0.2, 0) is 16.4 Å². The summed E-state index contributed by atoms with van der Waals surface area (Å²) in [5.74, 6) is 0.860. The normalized spacial score (nSPS) is 21.7. The van der Waals surface area contributed by atoms with Crippen molar-refractivity contribution in [3.63, 3.8) is 0 Å². The molecule has 1 fully saturated rings. The average Bonchev–Trinajstić information content (AvgIpc) is 2.52. The Balaban J connectivity index is 2.10. The van der Waals surface area contributed by atoms with E-state index in [4.69, 9.17) is 4.74 Å². The van der Waals surface area contributed by atoms with E-state index in [-0.39, 0.29) is 5.60 Å². The molecular formula is C19H29NO4S. The van der Waals surface area contributed by atoms with Gasteiger partial charge in [0.05, 0.1) is 11.0 Å². The predicted molar refractivity (Wildman–Crippen MR) is 97.7 cm³/mol. The van der Waals surface area contributed by atoms with Crippen molar-refractivity contribution in [2.75, 3.05) is 13.1 Å². The Hall–Kier alpha value is -1.11. The number of piperidine rings is 1. The van der Waals surface area contributed by atoms with E-state index in [0.717, 1.165) is 40.8 Å². The highest BCUT2D eigenvalue weighted by molar-refractivity contribution is 7.89. The third-order valence-corrected chi connectivity index (χ3v) is 7.86. The minimum Gasteiger partial charge on any atom is -0.487 e. The lowest BCUT2D eigenvalue weighted by molar-refractivity contribution is 0.0831. The number of aliphatic hydroxyl groups is 1.